The molecule has 1 aromatic carbocycles. The van der Waals surface area contributed by atoms with Crippen LogP contribution in [0.25, 0.3) is 22.8 Å². The van der Waals surface area contributed by atoms with Gasteiger partial charge in [-0.2, -0.15) is 4.98 Å². The number of nitrogens with two attached hydrogens (primary N) is 1. The summed E-state index contributed by atoms with van der Waals surface area (Å²) < 4.78 is 10.9. The Morgan fingerprint density at radius 2 is 1.69 bits per heavy atom. The van der Waals surface area contributed by atoms with Gasteiger partial charge >= 0.3 is 0 Å². The Morgan fingerprint density at radius 1 is 1.00 bits per heavy atom. The van der Waals surface area contributed by atoms with Crippen LogP contribution in [0.4, 0.5) is 5.95 Å². The molecule has 0 saturated heterocycles. The summed E-state index contributed by atoms with van der Waals surface area (Å²) in [5.41, 5.74) is 8.82. The maximum Gasteiger partial charge on any atom is 0.295 e. The SMILES string of the molecule is Cc1ncoc1-c1nc(C(C)(c2ccc(-c3cnc(N)nc3)cc2)C(C)C)no1. The van der Waals surface area contributed by atoms with E-state index in [9.17, 15) is 0 Å². The lowest BCUT2D eigenvalue weighted by Crippen LogP contribution is -2.31. The van der Waals surface area contributed by atoms with Gasteiger partial charge in [0.2, 0.25) is 11.7 Å². The molecule has 148 valence electrons. The fourth-order valence-electron chi connectivity index (χ4n) is 3.25. The van der Waals surface area contributed by atoms with Gasteiger partial charge in [0, 0.05) is 18.0 Å². The number of rotatable bonds is 5. The van der Waals surface area contributed by atoms with Crippen molar-refractivity contribution in [1.29, 1.82) is 0 Å². The van der Waals surface area contributed by atoms with Gasteiger partial charge in [0.25, 0.3) is 5.89 Å². The summed E-state index contributed by atoms with van der Waals surface area (Å²) in [5.74, 6) is 1.90. The van der Waals surface area contributed by atoms with E-state index in [1.54, 1.807) is 12.4 Å². The Bertz CT molecular complexity index is 1110. The van der Waals surface area contributed by atoms with Crippen LogP contribution in [0.15, 0.2) is 52.0 Å². The van der Waals surface area contributed by atoms with Gasteiger partial charge in [-0.15, -0.1) is 0 Å². The van der Waals surface area contributed by atoms with E-state index in [0.29, 0.717) is 23.2 Å². The molecule has 4 rings (SSSR count). The van der Waals surface area contributed by atoms with Crippen molar-refractivity contribution in [2.24, 2.45) is 5.92 Å². The lowest BCUT2D eigenvalue weighted by molar-refractivity contribution is 0.348. The molecular formula is C21H22N6O2. The van der Waals surface area contributed by atoms with Crippen LogP contribution in [0, 0.1) is 12.8 Å². The van der Waals surface area contributed by atoms with Gasteiger partial charge in [0.15, 0.2) is 12.2 Å². The van der Waals surface area contributed by atoms with Gasteiger partial charge in [-0.25, -0.2) is 15.0 Å². The van der Waals surface area contributed by atoms with Crippen molar-refractivity contribution < 1.29 is 8.94 Å². The van der Waals surface area contributed by atoms with Crippen molar-refractivity contribution in [3.63, 3.8) is 0 Å². The number of oxazole rings is 1. The maximum atomic E-state index is 5.57. The van der Waals surface area contributed by atoms with Crippen LogP contribution in [0.3, 0.4) is 0 Å². The molecular weight excluding hydrogens is 368 g/mol. The fraction of sp³-hybridized carbons (Fsp3) is 0.286. The molecule has 0 radical (unpaired) electrons. The van der Waals surface area contributed by atoms with Crippen molar-refractivity contribution in [3.05, 3.63) is 60.1 Å². The zero-order chi connectivity index (χ0) is 20.6. The minimum atomic E-state index is -0.453. The summed E-state index contributed by atoms with van der Waals surface area (Å²) >= 11 is 0. The van der Waals surface area contributed by atoms with Crippen LogP contribution in [-0.4, -0.2) is 25.1 Å². The highest BCUT2D eigenvalue weighted by Gasteiger charge is 2.38. The normalized spacial score (nSPS) is 13.6. The second-order valence-corrected chi connectivity index (χ2v) is 7.45. The number of benzene rings is 1. The van der Waals surface area contributed by atoms with Crippen LogP contribution < -0.4 is 5.73 Å². The monoisotopic (exact) mass is 390 g/mol. The average Bonchev–Trinajstić information content (AvgIpc) is 3.37. The van der Waals surface area contributed by atoms with Crippen LogP contribution in [0.5, 0.6) is 0 Å². The molecule has 2 N–H and O–H groups in total. The molecule has 8 nitrogen and oxygen atoms in total. The molecule has 3 heterocycles. The number of aryl methyl sites for hydroxylation is 1. The predicted molar refractivity (Wildman–Crippen MR) is 108 cm³/mol. The first kappa shape index (κ1) is 18.8. The van der Waals surface area contributed by atoms with Gasteiger partial charge in [-0.1, -0.05) is 43.3 Å². The first-order valence-corrected chi connectivity index (χ1v) is 9.32. The smallest absolute Gasteiger partial charge is 0.295 e. The molecule has 29 heavy (non-hydrogen) atoms. The number of hydrogen-bond acceptors (Lipinski definition) is 8. The van der Waals surface area contributed by atoms with Crippen molar-refractivity contribution in [2.45, 2.75) is 33.1 Å². The van der Waals surface area contributed by atoms with E-state index < -0.39 is 5.41 Å². The predicted octanol–water partition coefficient (Wildman–Crippen LogP) is 4.03. The van der Waals surface area contributed by atoms with E-state index in [-0.39, 0.29) is 11.9 Å². The van der Waals surface area contributed by atoms with E-state index >= 15 is 0 Å². The topological polar surface area (TPSA) is 117 Å². The third-order valence-electron chi connectivity index (χ3n) is 5.47. The highest BCUT2D eigenvalue weighted by atomic mass is 16.5. The third-order valence-corrected chi connectivity index (χ3v) is 5.47. The first-order chi connectivity index (χ1) is 13.9. The largest absolute Gasteiger partial charge is 0.438 e. The Hall–Kier alpha value is -3.55. The summed E-state index contributed by atoms with van der Waals surface area (Å²) in [5, 5.41) is 4.27. The summed E-state index contributed by atoms with van der Waals surface area (Å²) in [6.45, 7) is 8.22. The Balaban J connectivity index is 1.71. The lowest BCUT2D eigenvalue weighted by atomic mass is 9.72. The number of hydrogen-bond donors (Lipinski definition) is 1. The molecule has 0 fully saturated rings. The Morgan fingerprint density at radius 3 is 2.28 bits per heavy atom. The molecule has 0 aliphatic carbocycles. The minimum Gasteiger partial charge on any atom is -0.438 e. The molecule has 8 heteroatoms. The van der Waals surface area contributed by atoms with E-state index in [4.69, 9.17) is 14.7 Å². The molecule has 3 aromatic heterocycles. The van der Waals surface area contributed by atoms with Crippen LogP contribution in [0.1, 0.15) is 37.9 Å². The molecule has 1 atom stereocenters. The van der Waals surface area contributed by atoms with Crippen LogP contribution in [-0.2, 0) is 5.41 Å². The van der Waals surface area contributed by atoms with Crippen molar-refractivity contribution in [1.82, 2.24) is 25.1 Å². The second-order valence-electron chi connectivity index (χ2n) is 7.45. The number of anilines is 1. The quantitative estimate of drug-likeness (QED) is 0.543. The second kappa shape index (κ2) is 7.12. The van der Waals surface area contributed by atoms with Crippen LogP contribution in [0.2, 0.25) is 0 Å². The third kappa shape index (κ3) is 3.26. The van der Waals surface area contributed by atoms with Gasteiger partial charge in [0.1, 0.15) is 0 Å². The molecule has 0 spiro atoms. The first-order valence-electron chi connectivity index (χ1n) is 9.32. The zero-order valence-electron chi connectivity index (χ0n) is 16.7. The molecule has 4 aromatic rings. The summed E-state index contributed by atoms with van der Waals surface area (Å²) in [7, 11) is 0. The zero-order valence-corrected chi connectivity index (χ0v) is 16.7. The standard InChI is InChI=1S/C21H22N6O2/c1-12(2)21(4,19-26-18(29-27-19)17-13(3)25-11-28-17)16-7-5-14(6-8-16)15-9-23-20(22)24-10-15/h5-12H,1-4H3,(H2,22,23,24). The van der Waals surface area contributed by atoms with E-state index in [0.717, 1.165) is 16.7 Å². The molecule has 0 amide bonds. The highest BCUT2D eigenvalue weighted by molar-refractivity contribution is 5.62. The molecule has 0 aliphatic rings. The van der Waals surface area contributed by atoms with Gasteiger partial charge in [-0.3, -0.25) is 0 Å². The number of nitrogen functional groups attached to an aromatic ring is 1. The van der Waals surface area contributed by atoms with Crippen molar-refractivity contribution in [3.8, 4) is 22.8 Å². The maximum absolute atomic E-state index is 5.57. The van der Waals surface area contributed by atoms with E-state index in [2.05, 4.69) is 58.0 Å². The highest BCUT2D eigenvalue weighted by Crippen LogP contribution is 2.39. The molecule has 0 saturated carbocycles. The number of nitrogens with zero attached hydrogens (tertiary/aromatic N) is 5. The average molecular weight is 390 g/mol. The molecule has 0 bridgehead atoms. The van der Waals surface area contributed by atoms with E-state index in [1.807, 2.05) is 19.1 Å². The van der Waals surface area contributed by atoms with E-state index in [1.165, 1.54) is 6.39 Å². The summed E-state index contributed by atoms with van der Waals surface area (Å²) in [6.07, 6.45) is 4.80. The molecule has 0 aliphatic heterocycles. The Kier molecular flexibility index (Phi) is 4.62. The lowest BCUT2D eigenvalue weighted by Gasteiger charge is -2.31. The van der Waals surface area contributed by atoms with Gasteiger partial charge < -0.3 is 14.7 Å². The molecule has 1 unspecified atom stereocenters. The van der Waals surface area contributed by atoms with Gasteiger partial charge in [0.05, 0.1) is 11.1 Å². The summed E-state index contributed by atoms with van der Waals surface area (Å²) in [6, 6.07) is 8.21. The van der Waals surface area contributed by atoms with Crippen LogP contribution >= 0.6 is 0 Å². The minimum absolute atomic E-state index is 0.217. The van der Waals surface area contributed by atoms with Gasteiger partial charge in [-0.05, 0) is 30.9 Å². The summed E-state index contributed by atoms with van der Waals surface area (Å²) in [4.78, 5) is 16.8. The number of aromatic nitrogens is 5. The van der Waals surface area contributed by atoms with Crippen molar-refractivity contribution in [2.75, 3.05) is 5.73 Å². The Labute approximate surface area is 168 Å². The van der Waals surface area contributed by atoms with Crippen molar-refractivity contribution >= 4 is 5.95 Å². The fourth-order valence-corrected chi connectivity index (χ4v) is 3.25.